The van der Waals surface area contributed by atoms with Crippen molar-refractivity contribution in [1.82, 2.24) is 0 Å². The molecule has 0 saturated carbocycles. The van der Waals surface area contributed by atoms with Crippen LogP contribution < -0.4 is 4.90 Å². The summed E-state index contributed by atoms with van der Waals surface area (Å²) in [5.41, 5.74) is 1.72. The molecule has 148 valence electrons. The number of hydrogen-bond acceptors (Lipinski definition) is 4. The molecule has 2 heterocycles. The minimum atomic E-state index is -1.44. The van der Waals surface area contributed by atoms with E-state index in [1.165, 1.54) is 0 Å². The molecule has 2 aliphatic rings. The molecule has 4 atom stereocenters. The molecule has 0 aliphatic carbocycles. The second-order valence-corrected chi connectivity index (χ2v) is 7.91. The van der Waals surface area contributed by atoms with Crippen molar-refractivity contribution in [1.29, 1.82) is 10.5 Å². The Hall–Kier alpha value is -4.15. The number of nitrogens with zero attached hydrogens (tertiary/aromatic N) is 3. The SMILES string of the molecule is N#C[C@@H]1[C@@H](c2ccccc2)[C@](C#N)(C(=O)c2ccccc2)[C@H]2C=Cc3ccccc3N12. The zero-order valence-electron chi connectivity index (χ0n) is 16.7. The van der Waals surface area contributed by atoms with Gasteiger partial charge in [-0.15, -0.1) is 0 Å². The Bertz CT molecular complexity index is 1250. The van der Waals surface area contributed by atoms with Gasteiger partial charge >= 0.3 is 0 Å². The molecule has 0 amide bonds. The van der Waals surface area contributed by atoms with Crippen LogP contribution in [0.3, 0.4) is 0 Å². The number of anilines is 1. The van der Waals surface area contributed by atoms with E-state index in [2.05, 4.69) is 12.1 Å². The maximum absolute atomic E-state index is 14.0. The highest BCUT2D eigenvalue weighted by molar-refractivity contribution is 6.05. The van der Waals surface area contributed by atoms with Crippen LogP contribution in [0.2, 0.25) is 0 Å². The molecule has 1 fully saturated rings. The van der Waals surface area contributed by atoms with E-state index in [4.69, 9.17) is 0 Å². The molecular formula is C27H19N3O. The van der Waals surface area contributed by atoms with Gasteiger partial charge in [-0.1, -0.05) is 91.0 Å². The highest BCUT2D eigenvalue weighted by Crippen LogP contribution is 2.56. The highest BCUT2D eigenvalue weighted by atomic mass is 16.1. The van der Waals surface area contributed by atoms with E-state index in [1.807, 2.05) is 77.7 Å². The van der Waals surface area contributed by atoms with Crippen LogP contribution in [0.5, 0.6) is 0 Å². The minimum absolute atomic E-state index is 0.249. The Kier molecular flexibility index (Phi) is 4.42. The van der Waals surface area contributed by atoms with Crippen molar-refractivity contribution in [3.63, 3.8) is 0 Å². The number of hydrogen-bond donors (Lipinski definition) is 0. The van der Waals surface area contributed by atoms with Crippen LogP contribution in [0.25, 0.3) is 6.08 Å². The third-order valence-corrected chi connectivity index (χ3v) is 6.43. The smallest absolute Gasteiger partial charge is 0.186 e. The lowest BCUT2D eigenvalue weighted by Crippen LogP contribution is -2.45. The summed E-state index contributed by atoms with van der Waals surface area (Å²) in [7, 11) is 0. The molecule has 0 unspecified atom stereocenters. The number of Topliss-reactive ketones (excluding diaryl/α,β-unsaturated/α-hetero) is 1. The lowest BCUT2D eigenvalue weighted by molar-refractivity contribution is 0.0842. The van der Waals surface area contributed by atoms with E-state index in [1.54, 1.807) is 24.3 Å². The largest absolute Gasteiger partial charge is 0.346 e. The van der Waals surface area contributed by atoms with E-state index < -0.39 is 23.4 Å². The maximum atomic E-state index is 14.0. The van der Waals surface area contributed by atoms with Crippen LogP contribution >= 0.6 is 0 Å². The monoisotopic (exact) mass is 401 g/mol. The molecule has 0 spiro atoms. The standard InChI is InChI=1S/C27H19N3O/c28-17-23-25(20-10-3-1-4-11-20)27(18-29,26(31)21-12-5-2-6-13-21)24-16-15-19-9-7-8-14-22(19)30(23)24/h1-16,23-25H/t23-,24-,25-,27-/m1/s1. The van der Waals surface area contributed by atoms with Gasteiger partial charge in [-0.25, -0.2) is 0 Å². The number of para-hydroxylation sites is 1. The summed E-state index contributed by atoms with van der Waals surface area (Å²) in [5, 5.41) is 20.9. The van der Waals surface area contributed by atoms with Gasteiger partial charge < -0.3 is 4.90 Å². The van der Waals surface area contributed by atoms with Crippen LogP contribution in [0.4, 0.5) is 5.69 Å². The molecule has 31 heavy (non-hydrogen) atoms. The fourth-order valence-corrected chi connectivity index (χ4v) is 5.12. The third kappa shape index (κ3) is 2.62. The minimum Gasteiger partial charge on any atom is -0.346 e. The normalized spacial score (nSPS) is 25.7. The van der Waals surface area contributed by atoms with Crippen LogP contribution in [0, 0.1) is 28.1 Å². The Morgan fingerprint density at radius 2 is 1.52 bits per heavy atom. The molecule has 3 aromatic rings. The van der Waals surface area contributed by atoms with Crippen LogP contribution in [0.1, 0.15) is 27.4 Å². The average Bonchev–Trinajstić information content (AvgIpc) is 3.15. The fourth-order valence-electron chi connectivity index (χ4n) is 5.12. The molecule has 0 aromatic heterocycles. The van der Waals surface area contributed by atoms with Crippen molar-refractivity contribution >= 4 is 17.5 Å². The molecular weight excluding hydrogens is 382 g/mol. The van der Waals surface area contributed by atoms with Gasteiger partial charge in [0.1, 0.15) is 6.04 Å². The summed E-state index contributed by atoms with van der Waals surface area (Å²) >= 11 is 0. The Balaban J connectivity index is 1.80. The number of ketones is 1. The topological polar surface area (TPSA) is 67.9 Å². The first-order valence-electron chi connectivity index (χ1n) is 10.2. The van der Waals surface area contributed by atoms with Gasteiger partial charge in [-0.2, -0.15) is 10.5 Å². The molecule has 5 rings (SSSR count). The van der Waals surface area contributed by atoms with Gasteiger partial charge in [0.2, 0.25) is 0 Å². The van der Waals surface area contributed by atoms with Gasteiger partial charge in [-0.05, 0) is 17.2 Å². The van der Waals surface area contributed by atoms with Gasteiger partial charge in [0.15, 0.2) is 11.2 Å². The third-order valence-electron chi connectivity index (χ3n) is 6.43. The van der Waals surface area contributed by atoms with Gasteiger partial charge in [-0.3, -0.25) is 4.79 Å². The summed E-state index contributed by atoms with van der Waals surface area (Å²) in [6.07, 6.45) is 3.88. The average molecular weight is 401 g/mol. The zero-order valence-corrected chi connectivity index (χ0v) is 16.7. The highest BCUT2D eigenvalue weighted by Gasteiger charge is 2.64. The van der Waals surface area contributed by atoms with Crippen molar-refractivity contribution in [3.8, 4) is 12.1 Å². The van der Waals surface area contributed by atoms with E-state index in [-0.39, 0.29) is 5.78 Å². The van der Waals surface area contributed by atoms with Crippen LogP contribution in [-0.2, 0) is 0 Å². The van der Waals surface area contributed by atoms with Crippen molar-refractivity contribution in [3.05, 3.63) is 108 Å². The summed E-state index contributed by atoms with van der Waals surface area (Å²) in [6, 6.07) is 29.9. The number of benzene rings is 3. The van der Waals surface area contributed by atoms with Gasteiger partial charge in [0.05, 0.1) is 18.2 Å². The number of fused-ring (bicyclic) bond motifs is 3. The molecule has 4 nitrogen and oxygen atoms in total. The first-order chi connectivity index (χ1) is 15.2. The second kappa shape index (κ2) is 7.27. The number of nitriles is 2. The van der Waals surface area contributed by atoms with Crippen molar-refractivity contribution in [2.75, 3.05) is 4.90 Å². The summed E-state index contributed by atoms with van der Waals surface area (Å²) in [4.78, 5) is 16.0. The molecule has 3 aromatic carbocycles. The van der Waals surface area contributed by atoms with Crippen LogP contribution in [0.15, 0.2) is 91.0 Å². The van der Waals surface area contributed by atoms with Crippen molar-refractivity contribution < 1.29 is 4.79 Å². The fraction of sp³-hybridized carbons (Fsp3) is 0.148. The molecule has 0 radical (unpaired) electrons. The summed E-state index contributed by atoms with van der Waals surface area (Å²) in [5.74, 6) is -0.849. The Morgan fingerprint density at radius 3 is 2.19 bits per heavy atom. The maximum Gasteiger partial charge on any atom is 0.186 e. The second-order valence-electron chi connectivity index (χ2n) is 7.91. The zero-order chi connectivity index (χ0) is 21.4. The molecule has 0 bridgehead atoms. The number of rotatable bonds is 3. The molecule has 1 saturated heterocycles. The predicted octanol–water partition coefficient (Wildman–Crippen LogP) is 4.97. The van der Waals surface area contributed by atoms with Crippen LogP contribution in [-0.4, -0.2) is 17.9 Å². The number of carbonyl (C=O) groups is 1. The van der Waals surface area contributed by atoms with Gasteiger partial charge in [0, 0.05) is 17.2 Å². The van der Waals surface area contributed by atoms with E-state index in [9.17, 15) is 15.3 Å². The summed E-state index contributed by atoms with van der Waals surface area (Å²) < 4.78 is 0. The quantitative estimate of drug-likeness (QED) is 0.581. The van der Waals surface area contributed by atoms with E-state index in [0.29, 0.717) is 5.56 Å². The predicted molar refractivity (Wildman–Crippen MR) is 119 cm³/mol. The summed E-state index contributed by atoms with van der Waals surface area (Å²) in [6.45, 7) is 0. The Morgan fingerprint density at radius 1 is 0.871 bits per heavy atom. The van der Waals surface area contributed by atoms with Crippen molar-refractivity contribution in [2.45, 2.75) is 18.0 Å². The van der Waals surface area contributed by atoms with Gasteiger partial charge in [0.25, 0.3) is 0 Å². The molecule has 2 aliphatic heterocycles. The number of carbonyl (C=O) groups excluding carboxylic acids is 1. The Labute approximate surface area is 181 Å². The molecule has 0 N–H and O–H groups in total. The van der Waals surface area contributed by atoms with E-state index >= 15 is 0 Å². The molecule has 4 heteroatoms. The van der Waals surface area contributed by atoms with E-state index in [0.717, 1.165) is 16.8 Å². The first-order valence-corrected chi connectivity index (χ1v) is 10.2. The first kappa shape index (κ1) is 18.9. The lowest BCUT2D eigenvalue weighted by Gasteiger charge is -2.35. The van der Waals surface area contributed by atoms with Crippen molar-refractivity contribution in [2.24, 2.45) is 5.41 Å². The lowest BCUT2D eigenvalue weighted by atomic mass is 9.65.